The van der Waals surface area contributed by atoms with Gasteiger partial charge in [0.2, 0.25) is 0 Å². The van der Waals surface area contributed by atoms with Crippen molar-refractivity contribution in [2.45, 2.75) is 19.9 Å². The monoisotopic (exact) mass is 230 g/mol. The quantitative estimate of drug-likeness (QED) is 0.876. The Labute approximate surface area is 99.5 Å². The molecule has 0 aliphatic heterocycles. The lowest BCUT2D eigenvalue weighted by atomic mass is 10.1. The number of aryl methyl sites for hydroxylation is 1. The number of benzene rings is 1. The maximum Gasteiger partial charge on any atom is 0.307 e. The normalized spacial score (nSPS) is 10.4. The maximum atomic E-state index is 10.6. The fraction of sp³-hybridized carbons (Fsp3) is 0.231. The standard InChI is InChI=1S/C13H14N2O2/c1-2-15-9-14-8-12(15)11-5-3-10(4-6-11)7-13(16)17/h3-6,8-9H,2,7H2,1H3,(H,16,17). The fourth-order valence-corrected chi connectivity index (χ4v) is 1.78. The zero-order chi connectivity index (χ0) is 12.3. The molecule has 1 N–H and O–H groups in total. The van der Waals surface area contributed by atoms with Gasteiger partial charge in [0.25, 0.3) is 0 Å². The Morgan fingerprint density at radius 3 is 2.65 bits per heavy atom. The summed E-state index contributed by atoms with van der Waals surface area (Å²) < 4.78 is 2.05. The number of hydrogen-bond acceptors (Lipinski definition) is 2. The summed E-state index contributed by atoms with van der Waals surface area (Å²) in [5.41, 5.74) is 2.91. The molecular formula is C13H14N2O2. The smallest absolute Gasteiger partial charge is 0.307 e. The van der Waals surface area contributed by atoms with Gasteiger partial charge in [0.1, 0.15) is 0 Å². The molecule has 17 heavy (non-hydrogen) atoms. The molecule has 88 valence electrons. The van der Waals surface area contributed by atoms with Crippen LogP contribution in [0.1, 0.15) is 12.5 Å². The van der Waals surface area contributed by atoms with Crippen LogP contribution in [0.3, 0.4) is 0 Å². The van der Waals surface area contributed by atoms with Crippen molar-refractivity contribution >= 4 is 5.97 Å². The van der Waals surface area contributed by atoms with Gasteiger partial charge in [-0.15, -0.1) is 0 Å². The lowest BCUT2D eigenvalue weighted by Crippen LogP contribution is -2.00. The second-order valence-corrected chi connectivity index (χ2v) is 3.83. The Kier molecular flexibility index (Phi) is 3.23. The number of aliphatic carboxylic acids is 1. The van der Waals surface area contributed by atoms with Crippen molar-refractivity contribution in [3.63, 3.8) is 0 Å². The van der Waals surface area contributed by atoms with Gasteiger partial charge in [-0.1, -0.05) is 24.3 Å². The molecule has 2 aromatic rings. The molecule has 0 fully saturated rings. The van der Waals surface area contributed by atoms with E-state index in [0.717, 1.165) is 23.4 Å². The summed E-state index contributed by atoms with van der Waals surface area (Å²) in [5.74, 6) is -0.809. The first-order valence-electron chi connectivity index (χ1n) is 5.52. The molecule has 0 aliphatic rings. The van der Waals surface area contributed by atoms with Gasteiger partial charge < -0.3 is 9.67 Å². The molecule has 0 saturated carbocycles. The van der Waals surface area contributed by atoms with Crippen LogP contribution < -0.4 is 0 Å². The zero-order valence-electron chi connectivity index (χ0n) is 9.63. The Morgan fingerprint density at radius 2 is 2.06 bits per heavy atom. The third-order valence-corrected chi connectivity index (χ3v) is 2.66. The SMILES string of the molecule is CCn1cncc1-c1ccc(CC(=O)O)cc1. The van der Waals surface area contributed by atoms with Gasteiger partial charge in [0, 0.05) is 6.54 Å². The maximum absolute atomic E-state index is 10.6. The number of imidazole rings is 1. The molecule has 0 radical (unpaired) electrons. The van der Waals surface area contributed by atoms with E-state index in [1.807, 2.05) is 35.0 Å². The van der Waals surface area contributed by atoms with E-state index in [4.69, 9.17) is 5.11 Å². The second kappa shape index (κ2) is 4.82. The number of nitrogens with zero attached hydrogens (tertiary/aromatic N) is 2. The lowest BCUT2D eigenvalue weighted by molar-refractivity contribution is -0.136. The molecule has 1 aromatic heterocycles. The third kappa shape index (κ3) is 2.53. The van der Waals surface area contributed by atoms with Crippen LogP contribution in [-0.2, 0) is 17.8 Å². The summed E-state index contributed by atoms with van der Waals surface area (Å²) >= 11 is 0. The Bertz CT molecular complexity index is 514. The predicted molar refractivity (Wildman–Crippen MR) is 64.7 cm³/mol. The van der Waals surface area contributed by atoms with Crippen LogP contribution >= 0.6 is 0 Å². The Hall–Kier alpha value is -2.10. The number of hydrogen-bond donors (Lipinski definition) is 1. The minimum Gasteiger partial charge on any atom is -0.481 e. The van der Waals surface area contributed by atoms with Gasteiger partial charge >= 0.3 is 5.97 Å². The first-order valence-corrected chi connectivity index (χ1v) is 5.52. The third-order valence-electron chi connectivity index (χ3n) is 2.66. The number of rotatable bonds is 4. The van der Waals surface area contributed by atoms with E-state index in [1.165, 1.54) is 0 Å². The Morgan fingerprint density at radius 1 is 1.35 bits per heavy atom. The molecule has 4 nitrogen and oxygen atoms in total. The highest BCUT2D eigenvalue weighted by atomic mass is 16.4. The summed E-state index contributed by atoms with van der Waals surface area (Å²) in [6.45, 7) is 2.93. The van der Waals surface area contributed by atoms with Crippen LogP contribution in [0.2, 0.25) is 0 Å². The Balaban J connectivity index is 2.26. The highest BCUT2D eigenvalue weighted by molar-refractivity contribution is 5.70. The highest BCUT2D eigenvalue weighted by Gasteiger charge is 2.05. The van der Waals surface area contributed by atoms with Gasteiger partial charge in [0.05, 0.1) is 24.6 Å². The fourth-order valence-electron chi connectivity index (χ4n) is 1.78. The molecule has 0 spiro atoms. The number of carboxylic acid groups (broad SMARTS) is 1. The molecule has 1 heterocycles. The largest absolute Gasteiger partial charge is 0.481 e. The van der Waals surface area contributed by atoms with Crippen molar-refractivity contribution in [1.82, 2.24) is 9.55 Å². The van der Waals surface area contributed by atoms with E-state index in [0.29, 0.717) is 0 Å². The van der Waals surface area contributed by atoms with Crippen molar-refractivity contribution in [3.8, 4) is 11.3 Å². The van der Waals surface area contributed by atoms with Crippen molar-refractivity contribution in [2.24, 2.45) is 0 Å². The average Bonchev–Trinajstić information content (AvgIpc) is 2.77. The highest BCUT2D eigenvalue weighted by Crippen LogP contribution is 2.19. The molecule has 0 bridgehead atoms. The van der Waals surface area contributed by atoms with Crippen molar-refractivity contribution in [1.29, 1.82) is 0 Å². The molecule has 0 unspecified atom stereocenters. The first kappa shape index (κ1) is 11.4. The number of carbonyl (C=O) groups is 1. The lowest BCUT2D eigenvalue weighted by Gasteiger charge is -2.05. The van der Waals surface area contributed by atoms with E-state index in [9.17, 15) is 4.79 Å². The minimum absolute atomic E-state index is 0.0628. The zero-order valence-corrected chi connectivity index (χ0v) is 9.63. The number of aromatic nitrogens is 2. The van der Waals surface area contributed by atoms with Crippen LogP contribution in [-0.4, -0.2) is 20.6 Å². The van der Waals surface area contributed by atoms with Crippen molar-refractivity contribution in [2.75, 3.05) is 0 Å². The van der Waals surface area contributed by atoms with Crippen LogP contribution in [0.25, 0.3) is 11.3 Å². The van der Waals surface area contributed by atoms with Crippen LogP contribution in [0.15, 0.2) is 36.8 Å². The number of carboxylic acids is 1. The molecule has 2 rings (SSSR count). The van der Waals surface area contributed by atoms with Gasteiger partial charge in [-0.25, -0.2) is 4.98 Å². The van der Waals surface area contributed by atoms with Gasteiger partial charge in [-0.05, 0) is 18.1 Å². The van der Waals surface area contributed by atoms with Crippen molar-refractivity contribution in [3.05, 3.63) is 42.4 Å². The van der Waals surface area contributed by atoms with E-state index in [1.54, 1.807) is 6.33 Å². The summed E-state index contributed by atoms with van der Waals surface area (Å²) in [6, 6.07) is 7.55. The molecule has 0 amide bonds. The van der Waals surface area contributed by atoms with Crippen LogP contribution in [0, 0.1) is 0 Å². The van der Waals surface area contributed by atoms with E-state index < -0.39 is 5.97 Å². The molecule has 0 saturated heterocycles. The second-order valence-electron chi connectivity index (χ2n) is 3.83. The first-order chi connectivity index (χ1) is 8.20. The molecule has 4 heteroatoms. The van der Waals surface area contributed by atoms with E-state index >= 15 is 0 Å². The summed E-state index contributed by atoms with van der Waals surface area (Å²) in [7, 11) is 0. The molecular weight excluding hydrogens is 216 g/mol. The van der Waals surface area contributed by atoms with E-state index in [-0.39, 0.29) is 6.42 Å². The average molecular weight is 230 g/mol. The summed E-state index contributed by atoms with van der Waals surface area (Å²) in [4.78, 5) is 14.7. The summed E-state index contributed by atoms with van der Waals surface area (Å²) in [5, 5.41) is 8.69. The van der Waals surface area contributed by atoms with E-state index in [2.05, 4.69) is 11.9 Å². The minimum atomic E-state index is -0.809. The van der Waals surface area contributed by atoms with Gasteiger partial charge in [-0.3, -0.25) is 4.79 Å². The molecule has 1 aromatic carbocycles. The van der Waals surface area contributed by atoms with Crippen LogP contribution in [0.4, 0.5) is 0 Å². The molecule has 0 atom stereocenters. The van der Waals surface area contributed by atoms with Crippen molar-refractivity contribution < 1.29 is 9.90 Å². The van der Waals surface area contributed by atoms with Gasteiger partial charge in [-0.2, -0.15) is 0 Å². The topological polar surface area (TPSA) is 55.1 Å². The molecule has 0 aliphatic carbocycles. The predicted octanol–water partition coefficient (Wildman–Crippen LogP) is 2.20. The summed E-state index contributed by atoms with van der Waals surface area (Å²) in [6.07, 6.45) is 3.67. The van der Waals surface area contributed by atoms with Crippen LogP contribution in [0.5, 0.6) is 0 Å². The van der Waals surface area contributed by atoms with Gasteiger partial charge in [0.15, 0.2) is 0 Å².